The molecule has 0 spiro atoms. The third-order valence-corrected chi connectivity index (χ3v) is 7.20. The number of fused-ring (bicyclic) bond motifs is 3. The van der Waals surface area contributed by atoms with E-state index in [0.717, 1.165) is 34.8 Å². The fourth-order valence-electron chi connectivity index (χ4n) is 5.38. The molecule has 1 aliphatic rings. The first-order chi connectivity index (χ1) is 17.7. The lowest BCUT2D eigenvalue weighted by Crippen LogP contribution is -2.55. The molecule has 1 aliphatic heterocycles. The highest BCUT2D eigenvalue weighted by Crippen LogP contribution is 2.43. The zero-order chi connectivity index (χ0) is 26.3. The maximum absolute atomic E-state index is 14.3. The Morgan fingerprint density at radius 3 is 2.24 bits per heavy atom. The summed E-state index contributed by atoms with van der Waals surface area (Å²) < 4.78 is 53.2. The number of benzene rings is 3. The van der Waals surface area contributed by atoms with Gasteiger partial charge in [-0.2, -0.15) is 13.2 Å². The molecule has 8 heteroatoms. The molecule has 0 amide bonds. The summed E-state index contributed by atoms with van der Waals surface area (Å²) in [5.41, 5.74) is -0.283. The van der Waals surface area contributed by atoms with Crippen molar-refractivity contribution in [2.75, 3.05) is 13.7 Å². The van der Waals surface area contributed by atoms with E-state index in [0.29, 0.717) is 6.42 Å². The first kappa shape index (κ1) is 25.0. The Balaban J connectivity index is 1.49. The molecule has 0 saturated carbocycles. The fraction of sp³-hybridized carbons (Fsp3) is 0.276. The number of aromatic nitrogens is 1. The Morgan fingerprint density at radius 1 is 0.973 bits per heavy atom. The summed E-state index contributed by atoms with van der Waals surface area (Å²) in [6.45, 7) is 1.75. The first-order valence-electron chi connectivity index (χ1n) is 12.0. The van der Waals surface area contributed by atoms with Gasteiger partial charge in [-0.05, 0) is 30.5 Å². The van der Waals surface area contributed by atoms with Crippen molar-refractivity contribution < 1.29 is 27.4 Å². The Hall–Kier alpha value is -3.62. The number of nitrogens with one attached hydrogen (secondary N) is 2. The highest BCUT2D eigenvalue weighted by Gasteiger charge is 2.64. The van der Waals surface area contributed by atoms with E-state index < -0.39 is 29.3 Å². The van der Waals surface area contributed by atoms with Gasteiger partial charge in [-0.25, -0.2) is 4.79 Å². The van der Waals surface area contributed by atoms with Gasteiger partial charge < -0.3 is 14.5 Å². The molecule has 3 atom stereocenters. The zero-order valence-corrected chi connectivity index (χ0v) is 20.4. The molecule has 5 rings (SSSR count). The summed E-state index contributed by atoms with van der Waals surface area (Å²) in [4.78, 5) is 16.7. The summed E-state index contributed by atoms with van der Waals surface area (Å²) >= 11 is 0. The molecule has 0 unspecified atom stereocenters. The monoisotopic (exact) mass is 508 g/mol. The number of ether oxygens (including phenoxy) is 2. The molecule has 4 aromatic rings. The van der Waals surface area contributed by atoms with Crippen LogP contribution in [0, 0.1) is 0 Å². The Morgan fingerprint density at radius 2 is 1.59 bits per heavy atom. The SMILES string of the molecule is CO[C@@](C(=O)OC[C@@H]1Cc2c([nH]c3ccccc23)[C@@](C)(c2ccccc2)N1)(c1ccccc1)C(F)(F)F. The molecule has 1 aromatic heterocycles. The van der Waals surface area contributed by atoms with Crippen LogP contribution in [0.4, 0.5) is 13.2 Å². The van der Waals surface area contributed by atoms with Crippen LogP contribution in [0.1, 0.15) is 29.3 Å². The lowest BCUT2D eigenvalue weighted by atomic mass is 9.80. The molecule has 5 nitrogen and oxygen atoms in total. The number of hydrogen-bond donors (Lipinski definition) is 2. The van der Waals surface area contributed by atoms with Crippen LogP contribution in [-0.2, 0) is 31.8 Å². The van der Waals surface area contributed by atoms with Gasteiger partial charge in [0.05, 0.1) is 5.54 Å². The highest BCUT2D eigenvalue weighted by molar-refractivity contribution is 5.86. The smallest absolute Gasteiger partial charge is 0.432 e. The minimum absolute atomic E-state index is 0.270. The topological polar surface area (TPSA) is 63.4 Å². The number of halogens is 3. The minimum Gasteiger partial charge on any atom is -0.461 e. The molecule has 0 fully saturated rings. The van der Waals surface area contributed by atoms with Gasteiger partial charge in [0.1, 0.15) is 6.61 Å². The highest BCUT2D eigenvalue weighted by atomic mass is 19.4. The number of carbonyl (C=O) groups excluding carboxylic acids is 1. The fourth-order valence-corrected chi connectivity index (χ4v) is 5.38. The molecule has 0 bridgehead atoms. The number of aromatic amines is 1. The lowest BCUT2D eigenvalue weighted by molar-refractivity contribution is -0.276. The largest absolute Gasteiger partial charge is 0.461 e. The second-order valence-corrected chi connectivity index (χ2v) is 9.41. The van der Waals surface area contributed by atoms with Crippen LogP contribution in [0.5, 0.6) is 0 Å². The summed E-state index contributed by atoms with van der Waals surface area (Å²) in [6.07, 6.45) is -4.56. The number of H-pyrrole nitrogens is 1. The molecular weight excluding hydrogens is 481 g/mol. The van der Waals surface area contributed by atoms with Crippen LogP contribution in [0.3, 0.4) is 0 Å². The Labute approximate surface area is 212 Å². The van der Waals surface area contributed by atoms with E-state index in [4.69, 9.17) is 9.47 Å². The van der Waals surface area contributed by atoms with E-state index in [1.807, 2.05) is 61.5 Å². The van der Waals surface area contributed by atoms with Crippen LogP contribution in [0.15, 0.2) is 84.9 Å². The van der Waals surface area contributed by atoms with Gasteiger partial charge in [0.25, 0.3) is 5.60 Å². The number of alkyl halides is 3. The minimum atomic E-state index is -5.03. The molecule has 0 saturated heterocycles. The second kappa shape index (κ2) is 9.36. The molecule has 37 heavy (non-hydrogen) atoms. The van der Waals surface area contributed by atoms with E-state index >= 15 is 0 Å². The third kappa shape index (κ3) is 4.10. The van der Waals surface area contributed by atoms with Crippen molar-refractivity contribution in [2.45, 2.75) is 36.7 Å². The predicted octanol–water partition coefficient (Wildman–Crippen LogP) is 5.59. The van der Waals surface area contributed by atoms with Gasteiger partial charge in [0, 0.05) is 35.3 Å². The normalized spacial score (nSPS) is 21.3. The van der Waals surface area contributed by atoms with Crippen molar-refractivity contribution in [3.63, 3.8) is 0 Å². The Kier molecular flexibility index (Phi) is 6.33. The summed E-state index contributed by atoms with van der Waals surface area (Å²) in [7, 11) is 0.866. The number of rotatable bonds is 6. The molecular formula is C29H27F3N2O3. The van der Waals surface area contributed by atoms with Crippen LogP contribution >= 0.6 is 0 Å². The molecule has 0 aliphatic carbocycles. The van der Waals surface area contributed by atoms with Gasteiger partial charge in [-0.15, -0.1) is 0 Å². The number of methoxy groups -OCH3 is 1. The number of esters is 1. The van der Waals surface area contributed by atoms with Crippen molar-refractivity contribution in [2.24, 2.45) is 0 Å². The lowest BCUT2D eigenvalue weighted by Gasteiger charge is -2.40. The first-order valence-corrected chi connectivity index (χ1v) is 12.0. The standard InChI is InChI=1S/C29H27F3N2O3/c1-27(19-11-5-3-6-12-19)25-23(22-15-9-10-16-24(22)33-25)17-21(34-27)18-37-26(35)28(36-2,29(30,31)32)20-13-7-4-8-14-20/h3-16,21,33-34H,17-18H2,1-2H3/t21-,27+,28+/m0/s1. The van der Waals surface area contributed by atoms with E-state index in [1.165, 1.54) is 24.3 Å². The van der Waals surface area contributed by atoms with E-state index in [1.54, 1.807) is 6.07 Å². The van der Waals surface area contributed by atoms with Crippen molar-refractivity contribution in [3.05, 3.63) is 107 Å². The summed E-state index contributed by atoms with van der Waals surface area (Å²) in [6, 6.07) is 24.1. The quantitative estimate of drug-likeness (QED) is 0.333. The molecule has 2 N–H and O–H groups in total. The maximum atomic E-state index is 14.3. The number of para-hydroxylation sites is 1. The molecule has 0 radical (unpaired) electrons. The van der Waals surface area contributed by atoms with Gasteiger partial charge in [0.2, 0.25) is 0 Å². The zero-order valence-electron chi connectivity index (χ0n) is 20.4. The number of hydrogen-bond acceptors (Lipinski definition) is 4. The van der Waals surface area contributed by atoms with Crippen molar-refractivity contribution >= 4 is 16.9 Å². The average molecular weight is 509 g/mol. The third-order valence-electron chi connectivity index (χ3n) is 7.20. The van der Waals surface area contributed by atoms with Gasteiger partial charge in [0.15, 0.2) is 0 Å². The van der Waals surface area contributed by atoms with Crippen LogP contribution < -0.4 is 5.32 Å². The van der Waals surface area contributed by atoms with E-state index in [9.17, 15) is 18.0 Å². The Bertz CT molecular complexity index is 1400. The van der Waals surface area contributed by atoms with Gasteiger partial charge in [-0.1, -0.05) is 78.9 Å². The predicted molar refractivity (Wildman–Crippen MR) is 134 cm³/mol. The molecule has 2 heterocycles. The van der Waals surface area contributed by atoms with E-state index in [-0.39, 0.29) is 12.2 Å². The van der Waals surface area contributed by atoms with E-state index in [2.05, 4.69) is 10.3 Å². The van der Waals surface area contributed by atoms with Crippen molar-refractivity contribution in [1.82, 2.24) is 10.3 Å². The maximum Gasteiger partial charge on any atom is 0.432 e. The van der Waals surface area contributed by atoms with Crippen molar-refractivity contribution in [1.29, 1.82) is 0 Å². The van der Waals surface area contributed by atoms with Gasteiger partial charge >= 0.3 is 12.1 Å². The summed E-state index contributed by atoms with van der Waals surface area (Å²) in [5.74, 6) is -1.50. The van der Waals surface area contributed by atoms with Crippen LogP contribution in [0.25, 0.3) is 10.9 Å². The molecule has 192 valence electrons. The second-order valence-electron chi connectivity index (χ2n) is 9.41. The van der Waals surface area contributed by atoms with Crippen molar-refractivity contribution in [3.8, 4) is 0 Å². The molecule has 3 aromatic carbocycles. The summed E-state index contributed by atoms with van der Waals surface area (Å²) in [5, 5.41) is 4.57. The van der Waals surface area contributed by atoms with Crippen LogP contribution in [-0.4, -0.2) is 36.9 Å². The van der Waals surface area contributed by atoms with Gasteiger partial charge in [-0.3, -0.25) is 5.32 Å². The number of carbonyl (C=O) groups is 1. The van der Waals surface area contributed by atoms with Crippen LogP contribution in [0.2, 0.25) is 0 Å². The average Bonchev–Trinajstić information content (AvgIpc) is 3.28.